The molecule has 2 fully saturated rings. The van der Waals surface area contributed by atoms with Crippen molar-refractivity contribution in [1.82, 2.24) is 5.32 Å². The van der Waals surface area contributed by atoms with Crippen LogP contribution in [0.2, 0.25) is 0 Å². The van der Waals surface area contributed by atoms with Gasteiger partial charge in [-0.15, -0.1) is 0 Å². The first kappa shape index (κ1) is 12.8. The lowest BCUT2D eigenvalue weighted by Crippen LogP contribution is -2.60. The summed E-state index contributed by atoms with van der Waals surface area (Å²) < 4.78 is 10.8. The third-order valence-corrected chi connectivity index (χ3v) is 4.01. The molecule has 0 aromatic rings. The van der Waals surface area contributed by atoms with Gasteiger partial charge in [0.15, 0.2) is 0 Å². The molecule has 2 unspecified atom stereocenters. The summed E-state index contributed by atoms with van der Waals surface area (Å²) in [7, 11) is 0. The van der Waals surface area contributed by atoms with E-state index in [1.54, 1.807) is 0 Å². The summed E-state index contributed by atoms with van der Waals surface area (Å²) in [4.78, 5) is 12.2. The molecule has 2 rings (SSSR count). The van der Waals surface area contributed by atoms with E-state index >= 15 is 0 Å². The van der Waals surface area contributed by atoms with Crippen molar-refractivity contribution in [3.05, 3.63) is 0 Å². The number of nitrogens with one attached hydrogen (secondary N) is 1. The highest BCUT2D eigenvalue weighted by Gasteiger charge is 2.50. The second-order valence-corrected chi connectivity index (χ2v) is 5.08. The summed E-state index contributed by atoms with van der Waals surface area (Å²) in [6.07, 6.45) is 5.46. The van der Waals surface area contributed by atoms with Gasteiger partial charge in [0.25, 0.3) is 0 Å². The molecule has 0 amide bonds. The van der Waals surface area contributed by atoms with Crippen LogP contribution in [0.1, 0.15) is 46.0 Å². The van der Waals surface area contributed by atoms with Gasteiger partial charge in [-0.05, 0) is 26.7 Å². The molecule has 1 heterocycles. The maximum atomic E-state index is 12.2. The summed E-state index contributed by atoms with van der Waals surface area (Å²) in [6, 6.07) is 0.448. The molecule has 0 aromatic carbocycles. The molecule has 1 saturated carbocycles. The van der Waals surface area contributed by atoms with Crippen LogP contribution in [0, 0.1) is 0 Å². The highest BCUT2D eigenvalue weighted by molar-refractivity contribution is 5.82. The maximum Gasteiger partial charge on any atom is 0.329 e. The van der Waals surface area contributed by atoms with Crippen molar-refractivity contribution in [2.75, 3.05) is 13.2 Å². The molecule has 1 saturated heterocycles. The fourth-order valence-corrected chi connectivity index (χ4v) is 2.95. The van der Waals surface area contributed by atoms with Crippen LogP contribution in [-0.4, -0.2) is 36.9 Å². The normalized spacial score (nSPS) is 34.1. The number of carbonyl (C=O) groups is 1. The number of rotatable bonds is 4. The van der Waals surface area contributed by atoms with E-state index in [4.69, 9.17) is 9.47 Å². The standard InChI is InChI=1S/C13H23NO3/c1-3-16-12(15)13(8-9-17-10(13)2)14-11-6-4-5-7-11/h10-11,14H,3-9H2,1-2H3. The van der Waals surface area contributed by atoms with Crippen molar-refractivity contribution >= 4 is 5.97 Å². The van der Waals surface area contributed by atoms with Crippen LogP contribution < -0.4 is 5.32 Å². The van der Waals surface area contributed by atoms with Crippen molar-refractivity contribution in [1.29, 1.82) is 0 Å². The molecule has 98 valence electrons. The zero-order chi connectivity index (χ0) is 12.3. The Morgan fingerprint density at radius 3 is 2.71 bits per heavy atom. The number of esters is 1. The van der Waals surface area contributed by atoms with Crippen molar-refractivity contribution in [3.63, 3.8) is 0 Å². The predicted molar refractivity (Wildman–Crippen MR) is 64.8 cm³/mol. The molecule has 0 radical (unpaired) electrons. The molecular weight excluding hydrogens is 218 g/mol. The molecule has 4 nitrogen and oxygen atoms in total. The van der Waals surface area contributed by atoms with Crippen molar-refractivity contribution in [2.45, 2.75) is 63.6 Å². The second kappa shape index (κ2) is 5.36. The van der Waals surface area contributed by atoms with Gasteiger partial charge in [-0.1, -0.05) is 12.8 Å². The third kappa shape index (κ3) is 2.47. The first-order chi connectivity index (χ1) is 8.19. The van der Waals surface area contributed by atoms with Crippen molar-refractivity contribution in [3.8, 4) is 0 Å². The van der Waals surface area contributed by atoms with Gasteiger partial charge in [0, 0.05) is 19.1 Å². The Morgan fingerprint density at radius 1 is 1.47 bits per heavy atom. The van der Waals surface area contributed by atoms with Crippen LogP contribution in [0.5, 0.6) is 0 Å². The minimum atomic E-state index is -0.606. The number of ether oxygens (including phenoxy) is 2. The Hall–Kier alpha value is -0.610. The molecule has 1 aliphatic carbocycles. The summed E-state index contributed by atoms with van der Waals surface area (Å²) >= 11 is 0. The quantitative estimate of drug-likeness (QED) is 0.760. The van der Waals surface area contributed by atoms with E-state index in [0.717, 1.165) is 19.3 Å². The number of carbonyl (C=O) groups excluding carboxylic acids is 1. The number of hydrogen-bond donors (Lipinski definition) is 1. The average molecular weight is 241 g/mol. The SMILES string of the molecule is CCOC(=O)C1(NC2CCCC2)CCOC1C. The van der Waals surface area contributed by atoms with Crippen molar-refractivity contribution in [2.24, 2.45) is 0 Å². The first-order valence-electron chi connectivity index (χ1n) is 6.75. The van der Waals surface area contributed by atoms with E-state index in [0.29, 0.717) is 19.3 Å². The van der Waals surface area contributed by atoms with E-state index in [1.165, 1.54) is 12.8 Å². The van der Waals surface area contributed by atoms with Gasteiger partial charge >= 0.3 is 5.97 Å². The van der Waals surface area contributed by atoms with Crippen LogP contribution in [-0.2, 0) is 14.3 Å². The van der Waals surface area contributed by atoms with Crippen LogP contribution in [0.25, 0.3) is 0 Å². The molecule has 0 spiro atoms. The van der Waals surface area contributed by atoms with Crippen LogP contribution in [0.15, 0.2) is 0 Å². The van der Waals surface area contributed by atoms with Crippen LogP contribution >= 0.6 is 0 Å². The molecular formula is C13H23NO3. The Balaban J connectivity index is 2.08. The topological polar surface area (TPSA) is 47.6 Å². The molecule has 0 aromatic heterocycles. The largest absolute Gasteiger partial charge is 0.465 e. The summed E-state index contributed by atoms with van der Waals surface area (Å²) in [6.45, 7) is 4.88. The van der Waals surface area contributed by atoms with Crippen molar-refractivity contribution < 1.29 is 14.3 Å². The van der Waals surface area contributed by atoms with Gasteiger partial charge in [0.1, 0.15) is 5.54 Å². The van der Waals surface area contributed by atoms with Crippen LogP contribution in [0.3, 0.4) is 0 Å². The van der Waals surface area contributed by atoms with Gasteiger partial charge < -0.3 is 9.47 Å². The highest BCUT2D eigenvalue weighted by Crippen LogP contribution is 2.30. The molecule has 1 aliphatic heterocycles. The van der Waals surface area contributed by atoms with E-state index < -0.39 is 5.54 Å². The zero-order valence-electron chi connectivity index (χ0n) is 10.8. The lowest BCUT2D eigenvalue weighted by molar-refractivity contribution is -0.153. The smallest absolute Gasteiger partial charge is 0.329 e. The van der Waals surface area contributed by atoms with E-state index in [1.807, 2.05) is 13.8 Å². The van der Waals surface area contributed by atoms with Gasteiger partial charge in [-0.3, -0.25) is 5.32 Å². The predicted octanol–water partition coefficient (Wildman–Crippen LogP) is 1.63. The zero-order valence-corrected chi connectivity index (χ0v) is 10.8. The Labute approximate surface area is 103 Å². The Morgan fingerprint density at radius 2 is 2.18 bits per heavy atom. The van der Waals surface area contributed by atoms with Gasteiger partial charge in [-0.2, -0.15) is 0 Å². The molecule has 0 bridgehead atoms. The first-order valence-corrected chi connectivity index (χ1v) is 6.75. The molecule has 4 heteroatoms. The maximum absolute atomic E-state index is 12.2. The second-order valence-electron chi connectivity index (χ2n) is 5.08. The lowest BCUT2D eigenvalue weighted by atomic mass is 9.90. The van der Waals surface area contributed by atoms with E-state index in [-0.39, 0.29) is 12.1 Å². The fraction of sp³-hybridized carbons (Fsp3) is 0.923. The lowest BCUT2D eigenvalue weighted by Gasteiger charge is -2.33. The minimum Gasteiger partial charge on any atom is -0.465 e. The Bertz CT molecular complexity index is 276. The molecule has 2 atom stereocenters. The summed E-state index contributed by atoms with van der Waals surface area (Å²) in [5.74, 6) is -0.142. The summed E-state index contributed by atoms with van der Waals surface area (Å²) in [5.41, 5.74) is -0.606. The molecule has 17 heavy (non-hydrogen) atoms. The van der Waals surface area contributed by atoms with Gasteiger partial charge in [0.2, 0.25) is 0 Å². The number of hydrogen-bond acceptors (Lipinski definition) is 4. The van der Waals surface area contributed by atoms with E-state index in [9.17, 15) is 4.79 Å². The summed E-state index contributed by atoms with van der Waals surface area (Å²) in [5, 5.41) is 3.53. The Kier molecular flexibility index (Phi) is 4.05. The van der Waals surface area contributed by atoms with E-state index in [2.05, 4.69) is 5.32 Å². The highest BCUT2D eigenvalue weighted by atomic mass is 16.5. The molecule has 1 N–H and O–H groups in total. The monoisotopic (exact) mass is 241 g/mol. The minimum absolute atomic E-state index is 0.0952. The third-order valence-electron chi connectivity index (χ3n) is 4.01. The molecule has 2 aliphatic rings. The van der Waals surface area contributed by atoms with Gasteiger partial charge in [0.05, 0.1) is 12.7 Å². The van der Waals surface area contributed by atoms with Crippen LogP contribution in [0.4, 0.5) is 0 Å². The van der Waals surface area contributed by atoms with Gasteiger partial charge in [-0.25, -0.2) is 4.79 Å². The average Bonchev–Trinajstić information content (AvgIpc) is 2.91. The fourth-order valence-electron chi connectivity index (χ4n) is 2.95.